The molecule has 1 fully saturated rings. The third kappa shape index (κ3) is 4.26. The highest BCUT2D eigenvalue weighted by Crippen LogP contribution is 2.38. The standard InChI is InChI=1S/C23H21FN2O4/c1-28-21-8-7-17(24)11-22(21)30-20-9-10-25-12-18(20)19-14-29-15-23(27)26(19)13-16-5-3-2-4-6-16/h2-12,19H,13-15H2,1H3. The first-order valence-corrected chi connectivity index (χ1v) is 9.52. The monoisotopic (exact) mass is 408 g/mol. The summed E-state index contributed by atoms with van der Waals surface area (Å²) in [6, 6.07) is 15.1. The fraction of sp³-hybridized carbons (Fsp3) is 0.217. The van der Waals surface area contributed by atoms with E-state index >= 15 is 0 Å². The van der Waals surface area contributed by atoms with Gasteiger partial charge in [-0.3, -0.25) is 9.78 Å². The number of methoxy groups -OCH3 is 1. The molecule has 2 heterocycles. The first-order valence-electron chi connectivity index (χ1n) is 9.52. The lowest BCUT2D eigenvalue weighted by atomic mass is 10.0. The Balaban J connectivity index is 1.67. The number of carbonyl (C=O) groups excluding carboxylic acids is 1. The molecule has 0 radical (unpaired) electrons. The highest BCUT2D eigenvalue weighted by Gasteiger charge is 2.32. The molecule has 0 spiro atoms. The Labute approximate surface area is 173 Å². The Morgan fingerprint density at radius 2 is 1.97 bits per heavy atom. The summed E-state index contributed by atoms with van der Waals surface area (Å²) in [7, 11) is 1.49. The van der Waals surface area contributed by atoms with E-state index < -0.39 is 11.9 Å². The van der Waals surface area contributed by atoms with Crippen LogP contribution in [0.15, 0.2) is 67.0 Å². The molecular formula is C23H21FN2O4. The van der Waals surface area contributed by atoms with Crippen LogP contribution >= 0.6 is 0 Å². The fourth-order valence-electron chi connectivity index (χ4n) is 3.43. The quantitative estimate of drug-likeness (QED) is 0.614. The summed E-state index contributed by atoms with van der Waals surface area (Å²) < 4.78 is 30.6. The van der Waals surface area contributed by atoms with Crippen LogP contribution in [0.5, 0.6) is 17.2 Å². The van der Waals surface area contributed by atoms with Gasteiger partial charge in [-0.25, -0.2) is 4.39 Å². The number of hydrogen-bond acceptors (Lipinski definition) is 5. The van der Waals surface area contributed by atoms with Gasteiger partial charge in [-0.15, -0.1) is 0 Å². The van der Waals surface area contributed by atoms with E-state index in [2.05, 4.69) is 4.98 Å². The third-order valence-electron chi connectivity index (χ3n) is 4.91. The highest BCUT2D eigenvalue weighted by molar-refractivity contribution is 5.78. The van der Waals surface area contributed by atoms with E-state index in [1.54, 1.807) is 23.4 Å². The van der Waals surface area contributed by atoms with Crippen molar-refractivity contribution in [3.63, 3.8) is 0 Å². The molecule has 0 bridgehead atoms. The number of hydrogen-bond donors (Lipinski definition) is 0. The normalized spacial score (nSPS) is 16.4. The number of morpholine rings is 1. The van der Waals surface area contributed by atoms with Gasteiger partial charge < -0.3 is 19.1 Å². The van der Waals surface area contributed by atoms with Crippen molar-refractivity contribution in [1.82, 2.24) is 9.88 Å². The molecule has 0 aliphatic carbocycles. The maximum Gasteiger partial charge on any atom is 0.249 e. The van der Waals surface area contributed by atoms with E-state index in [1.807, 2.05) is 30.3 Å². The lowest BCUT2D eigenvalue weighted by molar-refractivity contribution is -0.149. The summed E-state index contributed by atoms with van der Waals surface area (Å²) in [4.78, 5) is 18.6. The average molecular weight is 408 g/mol. The molecular weight excluding hydrogens is 387 g/mol. The smallest absolute Gasteiger partial charge is 0.249 e. The maximum absolute atomic E-state index is 13.8. The summed E-state index contributed by atoms with van der Waals surface area (Å²) in [5.41, 5.74) is 1.68. The average Bonchev–Trinajstić information content (AvgIpc) is 2.77. The number of rotatable bonds is 6. The molecule has 30 heavy (non-hydrogen) atoms. The van der Waals surface area contributed by atoms with Crippen LogP contribution in [-0.4, -0.2) is 36.1 Å². The Hall–Kier alpha value is -3.45. The van der Waals surface area contributed by atoms with E-state index in [0.29, 0.717) is 30.2 Å². The molecule has 2 aromatic carbocycles. The third-order valence-corrected chi connectivity index (χ3v) is 4.91. The van der Waals surface area contributed by atoms with Gasteiger partial charge in [0.25, 0.3) is 0 Å². The largest absolute Gasteiger partial charge is 0.493 e. The fourth-order valence-corrected chi connectivity index (χ4v) is 3.43. The zero-order valence-electron chi connectivity index (χ0n) is 16.5. The predicted molar refractivity (Wildman–Crippen MR) is 108 cm³/mol. The van der Waals surface area contributed by atoms with Crippen LogP contribution in [0.25, 0.3) is 0 Å². The van der Waals surface area contributed by atoms with Gasteiger partial charge in [0.1, 0.15) is 18.2 Å². The van der Waals surface area contributed by atoms with Gasteiger partial charge in [0.2, 0.25) is 5.91 Å². The summed E-state index contributed by atoms with van der Waals surface area (Å²) in [6.45, 7) is 0.768. The Bertz CT molecular complexity index is 1030. The second-order valence-electron chi connectivity index (χ2n) is 6.85. The molecule has 4 rings (SSSR count). The van der Waals surface area contributed by atoms with Gasteiger partial charge in [-0.2, -0.15) is 0 Å². The molecule has 1 atom stereocenters. The van der Waals surface area contributed by atoms with Crippen LogP contribution in [0.3, 0.4) is 0 Å². The highest BCUT2D eigenvalue weighted by atomic mass is 19.1. The van der Waals surface area contributed by atoms with Gasteiger partial charge in [0, 0.05) is 30.6 Å². The molecule has 1 aliphatic rings. The van der Waals surface area contributed by atoms with Crippen LogP contribution in [0.1, 0.15) is 17.2 Å². The number of aromatic nitrogens is 1. The number of nitrogens with zero attached hydrogens (tertiary/aromatic N) is 2. The number of carbonyl (C=O) groups is 1. The Morgan fingerprint density at radius 1 is 1.13 bits per heavy atom. The van der Waals surface area contributed by atoms with Crippen LogP contribution in [0.2, 0.25) is 0 Å². The van der Waals surface area contributed by atoms with Crippen LogP contribution in [-0.2, 0) is 16.1 Å². The van der Waals surface area contributed by atoms with E-state index in [-0.39, 0.29) is 18.3 Å². The summed E-state index contributed by atoms with van der Waals surface area (Å²) >= 11 is 0. The van der Waals surface area contributed by atoms with Gasteiger partial charge in [0.05, 0.1) is 19.8 Å². The maximum atomic E-state index is 13.8. The number of pyridine rings is 1. The Morgan fingerprint density at radius 3 is 2.77 bits per heavy atom. The van der Waals surface area contributed by atoms with Gasteiger partial charge in [-0.05, 0) is 23.8 Å². The predicted octanol–water partition coefficient (Wildman–Crippen LogP) is 4.12. The molecule has 0 N–H and O–H groups in total. The van der Waals surface area contributed by atoms with Gasteiger partial charge >= 0.3 is 0 Å². The second kappa shape index (κ2) is 8.92. The molecule has 1 unspecified atom stereocenters. The van der Waals surface area contributed by atoms with Gasteiger partial charge in [-0.1, -0.05) is 30.3 Å². The van der Waals surface area contributed by atoms with E-state index in [0.717, 1.165) is 5.56 Å². The minimum Gasteiger partial charge on any atom is -0.493 e. The molecule has 7 heteroatoms. The molecule has 1 aromatic heterocycles. The number of halogens is 1. The summed E-state index contributed by atoms with van der Waals surface area (Å²) in [6.07, 6.45) is 3.23. The van der Waals surface area contributed by atoms with Crippen LogP contribution in [0, 0.1) is 5.82 Å². The summed E-state index contributed by atoms with van der Waals surface area (Å²) in [5, 5.41) is 0. The first kappa shape index (κ1) is 19.8. The molecule has 0 saturated carbocycles. The molecule has 1 amide bonds. The topological polar surface area (TPSA) is 60.9 Å². The zero-order valence-corrected chi connectivity index (χ0v) is 16.5. The molecule has 3 aromatic rings. The minimum atomic E-state index is -0.441. The molecule has 1 aliphatic heterocycles. The van der Waals surface area contributed by atoms with Crippen molar-refractivity contribution >= 4 is 5.91 Å². The second-order valence-corrected chi connectivity index (χ2v) is 6.85. The Kier molecular flexibility index (Phi) is 5.90. The molecule has 154 valence electrons. The molecule has 6 nitrogen and oxygen atoms in total. The minimum absolute atomic E-state index is 0.0253. The van der Waals surface area contributed by atoms with Crippen molar-refractivity contribution in [3.8, 4) is 17.2 Å². The van der Waals surface area contributed by atoms with Crippen molar-refractivity contribution in [2.75, 3.05) is 20.3 Å². The van der Waals surface area contributed by atoms with E-state index in [9.17, 15) is 9.18 Å². The van der Waals surface area contributed by atoms with E-state index in [1.165, 1.54) is 25.3 Å². The number of amides is 1. The first-order chi connectivity index (χ1) is 14.7. The number of benzene rings is 2. The summed E-state index contributed by atoms with van der Waals surface area (Å²) in [5.74, 6) is 0.533. The van der Waals surface area contributed by atoms with Crippen LogP contribution in [0.4, 0.5) is 4.39 Å². The van der Waals surface area contributed by atoms with Crippen molar-refractivity contribution < 1.29 is 23.4 Å². The SMILES string of the molecule is COc1ccc(F)cc1Oc1ccncc1C1COCC(=O)N1Cc1ccccc1. The molecule has 1 saturated heterocycles. The van der Waals surface area contributed by atoms with Gasteiger partial charge in [0.15, 0.2) is 11.5 Å². The van der Waals surface area contributed by atoms with Crippen molar-refractivity contribution in [3.05, 3.63) is 83.9 Å². The lowest BCUT2D eigenvalue weighted by Gasteiger charge is -2.36. The van der Waals surface area contributed by atoms with Crippen molar-refractivity contribution in [1.29, 1.82) is 0 Å². The van der Waals surface area contributed by atoms with Crippen molar-refractivity contribution in [2.24, 2.45) is 0 Å². The lowest BCUT2D eigenvalue weighted by Crippen LogP contribution is -2.43. The van der Waals surface area contributed by atoms with Crippen LogP contribution < -0.4 is 9.47 Å². The zero-order chi connectivity index (χ0) is 20.9. The van der Waals surface area contributed by atoms with E-state index in [4.69, 9.17) is 14.2 Å². The van der Waals surface area contributed by atoms with Crippen molar-refractivity contribution in [2.45, 2.75) is 12.6 Å². The number of ether oxygens (including phenoxy) is 3.